The van der Waals surface area contributed by atoms with Crippen molar-refractivity contribution in [1.82, 2.24) is 10.6 Å². The van der Waals surface area contributed by atoms with Crippen LogP contribution in [-0.4, -0.2) is 69.7 Å². The summed E-state index contributed by atoms with van der Waals surface area (Å²) in [5.41, 5.74) is 5.07. The van der Waals surface area contributed by atoms with Crippen molar-refractivity contribution in [3.05, 3.63) is 29.8 Å². The molecule has 0 spiro atoms. The number of carboxylic acids is 1. The van der Waals surface area contributed by atoms with E-state index >= 15 is 0 Å². The summed E-state index contributed by atoms with van der Waals surface area (Å²) in [6, 6.07) is 3.19. The van der Waals surface area contributed by atoms with Gasteiger partial charge in [0.1, 0.15) is 5.60 Å². The average Bonchev–Trinajstić information content (AvgIpc) is 2.79. The van der Waals surface area contributed by atoms with Gasteiger partial charge in [-0.3, -0.25) is 19.2 Å². The number of hydrogen-bond acceptors (Lipinski definition) is 8. The molecule has 12 nitrogen and oxygen atoms in total. The van der Waals surface area contributed by atoms with Crippen LogP contribution in [0.2, 0.25) is 0 Å². The lowest BCUT2D eigenvalue weighted by Crippen LogP contribution is -2.49. The highest BCUT2D eigenvalue weighted by Gasteiger charge is 2.30. The minimum absolute atomic E-state index is 0.0620. The highest BCUT2D eigenvalue weighted by atomic mass is 16.6. The summed E-state index contributed by atoms with van der Waals surface area (Å²) >= 11 is 0. The number of Topliss-reactive ketones (excluding diaryl/α,β-unsaturated/α-hetero) is 1. The van der Waals surface area contributed by atoms with Gasteiger partial charge in [0, 0.05) is 12.0 Å². The number of amides is 3. The third-order valence-corrected chi connectivity index (χ3v) is 5.45. The van der Waals surface area contributed by atoms with Gasteiger partial charge in [0.05, 0.1) is 36.3 Å². The zero-order chi connectivity index (χ0) is 29.9. The molecule has 1 aromatic carbocycles. The molecule has 1 rings (SSSR count). The molecule has 0 aromatic heterocycles. The average molecular weight is 551 g/mol. The second-order valence-electron chi connectivity index (χ2n) is 10.9. The lowest BCUT2D eigenvalue weighted by molar-refractivity contribution is -0.137. The molecule has 7 N–H and O–H groups in total. The van der Waals surface area contributed by atoms with Crippen molar-refractivity contribution in [2.75, 3.05) is 5.32 Å². The van der Waals surface area contributed by atoms with Gasteiger partial charge in [-0.2, -0.15) is 0 Å². The zero-order valence-corrected chi connectivity index (χ0v) is 23.4. The number of anilines is 1. The molecular formula is C27H42N4O8. The smallest absolute Gasteiger partial charge is 0.407 e. The Kier molecular flexibility index (Phi) is 13.0. The first-order valence-corrected chi connectivity index (χ1v) is 12.9. The zero-order valence-electron chi connectivity index (χ0n) is 23.4. The van der Waals surface area contributed by atoms with Crippen molar-refractivity contribution in [2.45, 2.75) is 97.1 Å². The SMILES string of the molecule is CC(C)C[C@H](NC(=O)OC(C)(C)C)[C@@H](O)CC(=O)NC(CCC(=O)O)C(=O)c1ccccc1NC(=O)C(C)N. The largest absolute Gasteiger partial charge is 0.481 e. The van der Waals surface area contributed by atoms with E-state index in [9.17, 15) is 29.1 Å². The molecule has 0 aliphatic carbocycles. The van der Waals surface area contributed by atoms with E-state index in [1.165, 1.54) is 19.1 Å². The molecule has 4 atom stereocenters. The van der Waals surface area contributed by atoms with Gasteiger partial charge in [0.25, 0.3) is 0 Å². The molecule has 12 heteroatoms. The van der Waals surface area contributed by atoms with Crippen LogP contribution in [0.1, 0.15) is 77.6 Å². The molecule has 2 unspecified atom stereocenters. The maximum atomic E-state index is 13.4. The van der Waals surface area contributed by atoms with Gasteiger partial charge in [-0.1, -0.05) is 26.0 Å². The summed E-state index contributed by atoms with van der Waals surface area (Å²) in [6.07, 6.45) is -2.81. The van der Waals surface area contributed by atoms with Crippen LogP contribution in [0.3, 0.4) is 0 Å². The molecule has 0 aliphatic heterocycles. The molecule has 3 amide bonds. The molecule has 1 aromatic rings. The number of rotatable bonds is 14. The second kappa shape index (κ2) is 15.2. The molecule has 0 radical (unpaired) electrons. The number of carbonyl (C=O) groups is 5. The highest BCUT2D eigenvalue weighted by Crippen LogP contribution is 2.20. The van der Waals surface area contributed by atoms with Crippen molar-refractivity contribution < 1.29 is 38.9 Å². The Labute approximate surface area is 229 Å². The summed E-state index contributed by atoms with van der Waals surface area (Å²) < 4.78 is 5.26. The van der Waals surface area contributed by atoms with Crippen molar-refractivity contribution in [3.8, 4) is 0 Å². The standard InChI is InChI=1S/C27H42N4O8/c1-15(2)13-20(31-26(38)39-27(4,5)6)21(32)14-22(33)29-19(11-12-23(34)35)24(36)17-9-7-8-10-18(17)30-25(37)16(3)28/h7-10,15-16,19-21,32H,11-14,28H2,1-6H3,(H,29,33)(H,30,37)(H,31,38)(H,34,35)/t16?,19?,20-,21-/m0/s1. The first-order valence-electron chi connectivity index (χ1n) is 12.9. The maximum absolute atomic E-state index is 13.4. The van der Waals surface area contributed by atoms with Crippen molar-refractivity contribution in [2.24, 2.45) is 11.7 Å². The van der Waals surface area contributed by atoms with E-state index in [0.717, 1.165) is 0 Å². The number of carbonyl (C=O) groups excluding carboxylic acids is 4. The van der Waals surface area contributed by atoms with Crippen LogP contribution in [-0.2, 0) is 19.1 Å². The monoisotopic (exact) mass is 550 g/mol. The molecule has 0 fully saturated rings. The number of nitrogens with two attached hydrogens (primary N) is 1. The first kappa shape index (κ1) is 33.5. The van der Waals surface area contributed by atoms with E-state index < -0.39 is 72.3 Å². The molecule has 39 heavy (non-hydrogen) atoms. The number of para-hydroxylation sites is 1. The Balaban J connectivity index is 3.08. The van der Waals surface area contributed by atoms with Crippen LogP contribution in [0.4, 0.5) is 10.5 Å². The van der Waals surface area contributed by atoms with Gasteiger partial charge in [0.15, 0.2) is 5.78 Å². The first-order chi connectivity index (χ1) is 18.0. The summed E-state index contributed by atoms with van der Waals surface area (Å²) in [6.45, 7) is 10.3. The van der Waals surface area contributed by atoms with Crippen LogP contribution in [0.5, 0.6) is 0 Å². The van der Waals surface area contributed by atoms with Gasteiger partial charge >= 0.3 is 12.1 Å². The normalized spacial score (nSPS) is 14.5. The highest BCUT2D eigenvalue weighted by molar-refractivity contribution is 6.09. The van der Waals surface area contributed by atoms with Gasteiger partial charge in [-0.05, 0) is 58.6 Å². The Hall–Kier alpha value is -3.51. The lowest BCUT2D eigenvalue weighted by atomic mass is 9.96. The molecule has 218 valence electrons. The molecule has 0 aliphatic rings. The predicted molar refractivity (Wildman–Crippen MR) is 145 cm³/mol. The van der Waals surface area contributed by atoms with E-state index in [0.29, 0.717) is 6.42 Å². The number of hydrogen-bond donors (Lipinski definition) is 6. The number of benzene rings is 1. The Morgan fingerprint density at radius 2 is 1.64 bits per heavy atom. The number of aliphatic hydroxyl groups is 1. The quantitative estimate of drug-likeness (QED) is 0.188. The van der Waals surface area contributed by atoms with Crippen molar-refractivity contribution in [1.29, 1.82) is 0 Å². The van der Waals surface area contributed by atoms with Crippen molar-refractivity contribution in [3.63, 3.8) is 0 Å². The number of ketones is 1. The Morgan fingerprint density at radius 3 is 2.18 bits per heavy atom. The lowest BCUT2D eigenvalue weighted by Gasteiger charge is -2.28. The fourth-order valence-corrected chi connectivity index (χ4v) is 3.64. The second-order valence-corrected chi connectivity index (χ2v) is 10.9. The molecule has 0 bridgehead atoms. The number of carboxylic acid groups (broad SMARTS) is 1. The van der Waals surface area contributed by atoms with Crippen molar-refractivity contribution >= 4 is 35.3 Å². The Morgan fingerprint density at radius 1 is 1.03 bits per heavy atom. The van der Waals surface area contributed by atoms with Gasteiger partial charge < -0.3 is 36.6 Å². The Bertz CT molecular complexity index is 1020. The van der Waals surface area contributed by atoms with E-state index in [-0.39, 0.29) is 23.6 Å². The van der Waals surface area contributed by atoms with E-state index in [2.05, 4.69) is 16.0 Å². The molecule has 0 saturated carbocycles. The van der Waals surface area contributed by atoms with Gasteiger partial charge in [-0.15, -0.1) is 0 Å². The molecule has 0 heterocycles. The predicted octanol–water partition coefficient (Wildman–Crippen LogP) is 2.20. The summed E-state index contributed by atoms with van der Waals surface area (Å²) in [4.78, 5) is 61.9. The number of ether oxygens (including phenoxy) is 1. The minimum Gasteiger partial charge on any atom is -0.481 e. The van der Waals surface area contributed by atoms with Crippen LogP contribution >= 0.6 is 0 Å². The van der Waals surface area contributed by atoms with Gasteiger partial charge in [0.2, 0.25) is 11.8 Å². The summed E-state index contributed by atoms with van der Waals surface area (Å²) in [7, 11) is 0. The van der Waals surface area contributed by atoms with E-state index in [4.69, 9.17) is 15.6 Å². The fourth-order valence-electron chi connectivity index (χ4n) is 3.64. The van der Waals surface area contributed by atoms with Crippen LogP contribution in [0, 0.1) is 5.92 Å². The third kappa shape index (κ3) is 12.7. The number of aliphatic carboxylic acids is 1. The maximum Gasteiger partial charge on any atom is 0.407 e. The molecular weight excluding hydrogens is 508 g/mol. The van der Waals surface area contributed by atoms with E-state index in [1.807, 2.05) is 13.8 Å². The topological polar surface area (TPSA) is 197 Å². The van der Waals surface area contributed by atoms with Crippen LogP contribution in [0.25, 0.3) is 0 Å². The number of aliphatic hydroxyl groups excluding tert-OH is 1. The molecule has 0 saturated heterocycles. The minimum atomic E-state index is -1.31. The third-order valence-electron chi connectivity index (χ3n) is 5.45. The number of alkyl carbamates (subject to hydrolysis) is 1. The van der Waals surface area contributed by atoms with Crippen LogP contribution in [0.15, 0.2) is 24.3 Å². The van der Waals surface area contributed by atoms with E-state index in [1.54, 1.807) is 32.9 Å². The fraction of sp³-hybridized carbons (Fsp3) is 0.593. The number of nitrogens with one attached hydrogen (secondary N) is 3. The van der Waals surface area contributed by atoms with Crippen LogP contribution < -0.4 is 21.7 Å². The summed E-state index contributed by atoms with van der Waals surface area (Å²) in [5.74, 6) is -2.97. The summed E-state index contributed by atoms with van der Waals surface area (Å²) in [5, 5.41) is 27.6. The van der Waals surface area contributed by atoms with Gasteiger partial charge in [-0.25, -0.2) is 4.79 Å².